The number of fused-ring (bicyclic) bond motifs is 1. The van der Waals surface area contributed by atoms with Crippen LogP contribution in [0.4, 0.5) is 17.2 Å². The number of H-pyrrole nitrogens is 1. The van der Waals surface area contributed by atoms with E-state index in [0.717, 1.165) is 30.6 Å². The van der Waals surface area contributed by atoms with Crippen molar-refractivity contribution in [3.05, 3.63) is 54.2 Å². The number of benzene rings is 1. The molecule has 7 heteroatoms. The van der Waals surface area contributed by atoms with E-state index in [9.17, 15) is 0 Å². The van der Waals surface area contributed by atoms with Crippen LogP contribution in [0.2, 0.25) is 0 Å². The first-order chi connectivity index (χ1) is 13.2. The SMILES string of the molecule is CN(C)c1ccc(N2CC(=Nc3cc(C4CC4)[nH]n3)n3ccnc3C2)cc1. The summed E-state index contributed by atoms with van der Waals surface area (Å²) in [6, 6.07) is 10.7. The summed E-state index contributed by atoms with van der Waals surface area (Å²) in [7, 11) is 4.11. The number of hydrogen-bond acceptors (Lipinski definition) is 5. The van der Waals surface area contributed by atoms with Gasteiger partial charge in [-0.15, -0.1) is 0 Å². The number of aromatic nitrogens is 4. The molecule has 7 nitrogen and oxygen atoms in total. The summed E-state index contributed by atoms with van der Waals surface area (Å²) >= 11 is 0. The third-order valence-corrected chi connectivity index (χ3v) is 5.24. The molecule has 2 aliphatic rings. The molecule has 1 N–H and O–H groups in total. The average Bonchev–Trinajstić information content (AvgIpc) is 3.23. The normalized spacial score (nSPS) is 18.0. The molecule has 3 aromatic rings. The molecule has 5 rings (SSSR count). The van der Waals surface area contributed by atoms with Gasteiger partial charge in [0, 0.05) is 55.5 Å². The van der Waals surface area contributed by atoms with Gasteiger partial charge in [-0.25, -0.2) is 9.98 Å². The zero-order chi connectivity index (χ0) is 18.4. The maximum Gasteiger partial charge on any atom is 0.175 e. The van der Waals surface area contributed by atoms with Gasteiger partial charge in [-0.05, 0) is 37.1 Å². The highest BCUT2D eigenvalue weighted by Gasteiger charge is 2.26. The highest BCUT2D eigenvalue weighted by molar-refractivity contribution is 5.92. The van der Waals surface area contributed by atoms with Crippen molar-refractivity contribution in [2.24, 2.45) is 4.99 Å². The third-order valence-electron chi connectivity index (χ3n) is 5.24. The first-order valence-corrected chi connectivity index (χ1v) is 9.35. The number of hydrogen-bond donors (Lipinski definition) is 1. The molecule has 0 saturated heterocycles. The first-order valence-electron chi connectivity index (χ1n) is 9.35. The Balaban J connectivity index is 1.45. The summed E-state index contributed by atoms with van der Waals surface area (Å²) in [5, 5.41) is 7.52. The molecule has 27 heavy (non-hydrogen) atoms. The van der Waals surface area contributed by atoms with Gasteiger partial charge in [0.05, 0.1) is 13.1 Å². The first kappa shape index (κ1) is 16.1. The van der Waals surface area contributed by atoms with E-state index in [0.29, 0.717) is 5.92 Å². The van der Waals surface area contributed by atoms with Crippen molar-refractivity contribution in [1.29, 1.82) is 0 Å². The molecule has 3 heterocycles. The Morgan fingerprint density at radius 1 is 1.15 bits per heavy atom. The van der Waals surface area contributed by atoms with Crippen LogP contribution in [-0.2, 0) is 6.54 Å². The van der Waals surface area contributed by atoms with Crippen LogP contribution in [0.1, 0.15) is 30.3 Å². The van der Waals surface area contributed by atoms with Crippen LogP contribution < -0.4 is 9.80 Å². The van der Waals surface area contributed by atoms with Crippen LogP contribution in [0.5, 0.6) is 0 Å². The Hall–Kier alpha value is -3.09. The Bertz CT molecular complexity index is 976. The van der Waals surface area contributed by atoms with Crippen LogP contribution in [-0.4, -0.2) is 46.2 Å². The second-order valence-electron chi connectivity index (χ2n) is 7.46. The summed E-state index contributed by atoms with van der Waals surface area (Å²) < 4.78 is 2.08. The lowest BCUT2D eigenvalue weighted by atomic mass is 10.2. The molecule has 1 aromatic carbocycles. The van der Waals surface area contributed by atoms with Gasteiger partial charge in [0.2, 0.25) is 0 Å². The molecule has 138 valence electrons. The highest BCUT2D eigenvalue weighted by Crippen LogP contribution is 2.39. The van der Waals surface area contributed by atoms with E-state index >= 15 is 0 Å². The second-order valence-corrected chi connectivity index (χ2v) is 7.46. The standard InChI is InChI=1S/C20H23N7/c1-25(2)15-5-7-16(8-6-15)26-12-19-21-9-10-27(19)20(13-26)22-18-11-17(23-24-18)14-3-4-14/h5-11,14H,3-4,12-13H2,1-2H3,(H,23,24). The van der Waals surface area contributed by atoms with E-state index in [1.165, 1.54) is 29.9 Å². The Morgan fingerprint density at radius 3 is 2.70 bits per heavy atom. The fourth-order valence-corrected chi connectivity index (χ4v) is 3.51. The molecule has 2 aromatic heterocycles. The lowest BCUT2D eigenvalue weighted by Gasteiger charge is -2.30. The molecular formula is C20H23N7. The van der Waals surface area contributed by atoms with Gasteiger partial charge in [0.15, 0.2) is 5.82 Å². The molecule has 0 atom stereocenters. The van der Waals surface area contributed by atoms with Crippen molar-refractivity contribution in [1.82, 2.24) is 19.7 Å². The number of nitrogens with zero attached hydrogens (tertiary/aromatic N) is 6. The topological polar surface area (TPSA) is 65.3 Å². The Kier molecular flexibility index (Phi) is 3.74. The maximum absolute atomic E-state index is 4.83. The minimum absolute atomic E-state index is 0.647. The van der Waals surface area contributed by atoms with E-state index in [1.807, 2.05) is 12.4 Å². The smallest absolute Gasteiger partial charge is 0.175 e. The van der Waals surface area contributed by atoms with Crippen molar-refractivity contribution in [3.63, 3.8) is 0 Å². The molecule has 0 bridgehead atoms. The molecule has 0 amide bonds. The predicted octanol–water partition coefficient (Wildman–Crippen LogP) is 3.15. The minimum Gasteiger partial charge on any atom is -0.378 e. The summed E-state index contributed by atoms with van der Waals surface area (Å²) in [6.45, 7) is 1.48. The van der Waals surface area contributed by atoms with Crippen LogP contribution in [0.25, 0.3) is 0 Å². The monoisotopic (exact) mass is 361 g/mol. The van der Waals surface area contributed by atoms with E-state index in [2.05, 4.69) is 74.0 Å². The molecule has 1 aliphatic heterocycles. The minimum atomic E-state index is 0.647. The molecule has 1 aliphatic carbocycles. The fraction of sp³-hybridized carbons (Fsp3) is 0.350. The lowest BCUT2D eigenvalue weighted by molar-refractivity contribution is 0.753. The highest BCUT2D eigenvalue weighted by atomic mass is 15.3. The molecule has 0 radical (unpaired) electrons. The van der Waals surface area contributed by atoms with E-state index < -0.39 is 0 Å². The molecule has 1 saturated carbocycles. The zero-order valence-electron chi connectivity index (χ0n) is 15.6. The molecule has 0 spiro atoms. The van der Waals surface area contributed by atoms with Crippen molar-refractivity contribution >= 4 is 23.0 Å². The summed E-state index contributed by atoms with van der Waals surface area (Å²) in [6.07, 6.45) is 6.32. The van der Waals surface area contributed by atoms with E-state index in [1.54, 1.807) is 0 Å². The van der Waals surface area contributed by atoms with E-state index in [4.69, 9.17) is 4.99 Å². The van der Waals surface area contributed by atoms with Gasteiger partial charge in [-0.1, -0.05) is 0 Å². The zero-order valence-corrected chi connectivity index (χ0v) is 15.6. The average molecular weight is 361 g/mol. The summed E-state index contributed by atoms with van der Waals surface area (Å²) in [5.74, 6) is 3.33. The Labute approximate surface area is 158 Å². The van der Waals surface area contributed by atoms with Gasteiger partial charge in [-0.2, -0.15) is 5.10 Å². The molecular weight excluding hydrogens is 338 g/mol. The van der Waals surface area contributed by atoms with Crippen LogP contribution in [0.3, 0.4) is 0 Å². The van der Waals surface area contributed by atoms with Gasteiger partial charge in [-0.3, -0.25) is 9.67 Å². The van der Waals surface area contributed by atoms with Crippen molar-refractivity contribution < 1.29 is 0 Å². The van der Waals surface area contributed by atoms with Crippen LogP contribution in [0.15, 0.2) is 47.7 Å². The fourth-order valence-electron chi connectivity index (χ4n) is 3.51. The van der Waals surface area contributed by atoms with Crippen LogP contribution >= 0.6 is 0 Å². The van der Waals surface area contributed by atoms with E-state index in [-0.39, 0.29) is 0 Å². The van der Waals surface area contributed by atoms with Crippen molar-refractivity contribution in [3.8, 4) is 0 Å². The second kappa shape index (κ2) is 6.26. The Morgan fingerprint density at radius 2 is 1.96 bits per heavy atom. The van der Waals surface area contributed by atoms with Crippen molar-refractivity contribution in [2.45, 2.75) is 25.3 Å². The third kappa shape index (κ3) is 3.09. The van der Waals surface area contributed by atoms with Gasteiger partial charge < -0.3 is 9.80 Å². The quantitative estimate of drug-likeness (QED) is 0.775. The summed E-state index contributed by atoms with van der Waals surface area (Å²) in [5.41, 5.74) is 3.56. The molecule has 1 fully saturated rings. The van der Waals surface area contributed by atoms with Gasteiger partial charge >= 0.3 is 0 Å². The number of nitrogens with one attached hydrogen (secondary N) is 1. The largest absolute Gasteiger partial charge is 0.378 e. The van der Waals surface area contributed by atoms with Gasteiger partial charge in [0.25, 0.3) is 0 Å². The van der Waals surface area contributed by atoms with Crippen LogP contribution in [0, 0.1) is 0 Å². The lowest BCUT2D eigenvalue weighted by Crippen LogP contribution is -2.39. The van der Waals surface area contributed by atoms with Crippen molar-refractivity contribution in [2.75, 3.05) is 30.4 Å². The van der Waals surface area contributed by atoms with Gasteiger partial charge in [0.1, 0.15) is 11.7 Å². The molecule has 0 unspecified atom stereocenters. The number of anilines is 2. The maximum atomic E-state index is 4.83. The number of rotatable bonds is 4. The number of aliphatic imine (C=N–C) groups is 1. The number of imidazole rings is 1. The summed E-state index contributed by atoms with van der Waals surface area (Å²) in [4.78, 5) is 13.8. The number of aromatic amines is 1. The predicted molar refractivity (Wildman–Crippen MR) is 107 cm³/mol.